The molecule has 0 unspecified atom stereocenters. The zero-order valence-electron chi connectivity index (χ0n) is 20.1. The Bertz CT molecular complexity index is 1300. The highest BCUT2D eigenvalue weighted by molar-refractivity contribution is 5.53. The van der Waals surface area contributed by atoms with Crippen molar-refractivity contribution in [2.24, 2.45) is 0 Å². The SMILES string of the molecule is Cc1cc(Cc2ccc(O)cc2C)c(O)c(Cc2cc(C)cc(Cc3ccc(O)cc3O)c2O)c1. The van der Waals surface area contributed by atoms with Crippen LogP contribution in [0, 0.1) is 20.8 Å². The molecular weight excluding hydrogens is 440 g/mol. The van der Waals surface area contributed by atoms with Gasteiger partial charge >= 0.3 is 0 Å². The van der Waals surface area contributed by atoms with E-state index in [0.29, 0.717) is 36.0 Å². The molecule has 4 aromatic rings. The van der Waals surface area contributed by atoms with Gasteiger partial charge in [0.15, 0.2) is 0 Å². The van der Waals surface area contributed by atoms with Gasteiger partial charge in [0.25, 0.3) is 0 Å². The van der Waals surface area contributed by atoms with E-state index < -0.39 is 0 Å². The molecule has 0 aliphatic carbocycles. The molecule has 0 amide bonds. The van der Waals surface area contributed by atoms with Crippen LogP contribution in [-0.4, -0.2) is 25.5 Å². The van der Waals surface area contributed by atoms with Gasteiger partial charge in [-0.3, -0.25) is 0 Å². The number of hydrogen-bond acceptors (Lipinski definition) is 5. The fourth-order valence-corrected chi connectivity index (χ4v) is 4.60. The molecule has 0 heterocycles. The van der Waals surface area contributed by atoms with Crippen molar-refractivity contribution in [2.75, 3.05) is 0 Å². The van der Waals surface area contributed by atoms with Crippen molar-refractivity contribution >= 4 is 0 Å². The molecule has 0 aliphatic rings. The largest absolute Gasteiger partial charge is 0.508 e. The zero-order valence-corrected chi connectivity index (χ0v) is 20.1. The second-order valence-electron chi connectivity index (χ2n) is 9.32. The number of phenolic OH excluding ortho intramolecular Hbond substituents is 5. The number of phenols is 5. The van der Waals surface area contributed by atoms with E-state index in [-0.39, 0.29) is 28.7 Å². The van der Waals surface area contributed by atoms with Crippen LogP contribution >= 0.6 is 0 Å². The summed E-state index contributed by atoms with van der Waals surface area (Å²) in [6, 6.07) is 17.3. The number of hydrogen-bond donors (Lipinski definition) is 5. The lowest BCUT2D eigenvalue weighted by Gasteiger charge is -2.16. The van der Waals surface area contributed by atoms with Crippen molar-refractivity contribution in [3.63, 3.8) is 0 Å². The summed E-state index contributed by atoms with van der Waals surface area (Å²) in [6.07, 6.45) is 1.17. The van der Waals surface area contributed by atoms with E-state index in [9.17, 15) is 25.5 Å². The molecule has 4 aromatic carbocycles. The quantitative estimate of drug-likeness (QED) is 0.241. The Labute approximate surface area is 205 Å². The first-order chi connectivity index (χ1) is 16.6. The smallest absolute Gasteiger partial charge is 0.122 e. The van der Waals surface area contributed by atoms with Crippen molar-refractivity contribution in [3.8, 4) is 28.7 Å². The van der Waals surface area contributed by atoms with Crippen LogP contribution in [0.3, 0.4) is 0 Å². The minimum atomic E-state index is -0.0297. The van der Waals surface area contributed by atoms with Crippen LogP contribution in [0.25, 0.3) is 0 Å². The summed E-state index contributed by atoms with van der Waals surface area (Å²) in [6.45, 7) is 5.85. The van der Waals surface area contributed by atoms with Gasteiger partial charge in [0.2, 0.25) is 0 Å². The molecule has 5 nitrogen and oxygen atoms in total. The summed E-state index contributed by atoms with van der Waals surface area (Å²) in [5.74, 6) is 0.486. The van der Waals surface area contributed by atoms with Crippen LogP contribution in [0.5, 0.6) is 28.7 Å². The standard InChI is InChI=1S/C30H30O5/c1-17-8-22(13-20-4-6-26(31)12-19(20)3)29(34)24(10-17)15-25-11-18(2)9-23(30(25)35)14-21-5-7-27(32)16-28(21)33/h4-12,16,31-35H,13-15H2,1-3H3. The second kappa shape index (κ2) is 9.63. The van der Waals surface area contributed by atoms with Crippen LogP contribution in [0.15, 0.2) is 60.7 Å². The number of rotatable bonds is 6. The Hall–Kier alpha value is -4.12. The Kier molecular flexibility index (Phi) is 6.61. The molecule has 0 spiro atoms. The minimum absolute atomic E-state index is 0.0198. The van der Waals surface area contributed by atoms with Gasteiger partial charge in [-0.25, -0.2) is 0 Å². The van der Waals surface area contributed by atoms with Gasteiger partial charge < -0.3 is 25.5 Å². The Balaban J connectivity index is 1.67. The molecule has 0 bridgehead atoms. The average Bonchev–Trinajstić information content (AvgIpc) is 2.78. The first-order valence-electron chi connectivity index (χ1n) is 11.5. The zero-order chi connectivity index (χ0) is 25.3. The van der Waals surface area contributed by atoms with Crippen molar-refractivity contribution in [3.05, 3.63) is 111 Å². The summed E-state index contributed by atoms with van der Waals surface area (Å²) in [7, 11) is 0. The lowest BCUT2D eigenvalue weighted by molar-refractivity contribution is 0.445. The van der Waals surface area contributed by atoms with Crippen LogP contribution in [-0.2, 0) is 19.3 Å². The fourth-order valence-electron chi connectivity index (χ4n) is 4.60. The van der Waals surface area contributed by atoms with E-state index in [0.717, 1.165) is 33.4 Å². The summed E-state index contributed by atoms with van der Waals surface area (Å²) in [5.41, 5.74) is 7.38. The fraction of sp³-hybridized carbons (Fsp3) is 0.200. The highest BCUT2D eigenvalue weighted by Crippen LogP contribution is 2.35. The average molecular weight is 471 g/mol. The summed E-state index contributed by atoms with van der Waals surface area (Å²) >= 11 is 0. The maximum Gasteiger partial charge on any atom is 0.122 e. The lowest BCUT2D eigenvalue weighted by Crippen LogP contribution is -2.00. The minimum Gasteiger partial charge on any atom is -0.508 e. The number of benzene rings is 4. The molecule has 0 aromatic heterocycles. The van der Waals surface area contributed by atoms with Crippen molar-refractivity contribution in [1.29, 1.82) is 0 Å². The molecule has 0 radical (unpaired) electrons. The van der Waals surface area contributed by atoms with Crippen LogP contribution < -0.4 is 0 Å². The van der Waals surface area contributed by atoms with E-state index >= 15 is 0 Å². The monoisotopic (exact) mass is 470 g/mol. The maximum absolute atomic E-state index is 11.1. The Morgan fingerprint density at radius 2 is 0.857 bits per heavy atom. The Morgan fingerprint density at radius 1 is 0.457 bits per heavy atom. The molecule has 180 valence electrons. The summed E-state index contributed by atoms with van der Waals surface area (Å²) in [4.78, 5) is 0. The third-order valence-electron chi connectivity index (χ3n) is 6.36. The molecule has 0 saturated carbocycles. The van der Waals surface area contributed by atoms with Gasteiger partial charge in [-0.05, 0) is 77.9 Å². The number of aromatic hydroxyl groups is 5. The van der Waals surface area contributed by atoms with E-state index in [1.807, 2.05) is 51.1 Å². The molecule has 0 fully saturated rings. The Morgan fingerprint density at radius 3 is 1.31 bits per heavy atom. The molecule has 35 heavy (non-hydrogen) atoms. The van der Waals surface area contributed by atoms with Gasteiger partial charge in [-0.15, -0.1) is 0 Å². The normalized spacial score (nSPS) is 11.1. The highest BCUT2D eigenvalue weighted by atomic mass is 16.3. The maximum atomic E-state index is 11.1. The predicted octanol–water partition coefficient (Wildman–Crippen LogP) is 5.91. The van der Waals surface area contributed by atoms with E-state index in [2.05, 4.69) is 0 Å². The highest BCUT2D eigenvalue weighted by Gasteiger charge is 2.16. The molecule has 5 heteroatoms. The van der Waals surface area contributed by atoms with Crippen LogP contribution in [0.2, 0.25) is 0 Å². The molecule has 0 atom stereocenters. The van der Waals surface area contributed by atoms with Gasteiger partial charge in [-0.1, -0.05) is 47.5 Å². The third kappa shape index (κ3) is 5.35. The van der Waals surface area contributed by atoms with Crippen LogP contribution in [0.4, 0.5) is 0 Å². The van der Waals surface area contributed by atoms with E-state index in [1.165, 1.54) is 12.1 Å². The number of aryl methyl sites for hydroxylation is 3. The summed E-state index contributed by atoms with van der Waals surface area (Å²) in [5, 5.41) is 51.6. The van der Waals surface area contributed by atoms with E-state index in [1.54, 1.807) is 18.2 Å². The molecule has 0 saturated heterocycles. The second-order valence-corrected chi connectivity index (χ2v) is 9.32. The van der Waals surface area contributed by atoms with Gasteiger partial charge in [-0.2, -0.15) is 0 Å². The molecule has 5 N–H and O–H groups in total. The van der Waals surface area contributed by atoms with Crippen LogP contribution in [0.1, 0.15) is 50.1 Å². The van der Waals surface area contributed by atoms with Gasteiger partial charge in [0.1, 0.15) is 28.7 Å². The van der Waals surface area contributed by atoms with Crippen molar-refractivity contribution < 1.29 is 25.5 Å². The molecule has 4 rings (SSSR count). The molecular formula is C30H30O5. The topological polar surface area (TPSA) is 101 Å². The first-order valence-corrected chi connectivity index (χ1v) is 11.5. The van der Waals surface area contributed by atoms with Gasteiger partial charge in [0.05, 0.1) is 0 Å². The van der Waals surface area contributed by atoms with Crippen molar-refractivity contribution in [1.82, 2.24) is 0 Å². The predicted molar refractivity (Wildman–Crippen MR) is 137 cm³/mol. The lowest BCUT2D eigenvalue weighted by atomic mass is 9.91. The van der Waals surface area contributed by atoms with Gasteiger partial charge in [0, 0.05) is 25.3 Å². The third-order valence-corrected chi connectivity index (χ3v) is 6.36. The first kappa shape index (κ1) is 24.0. The van der Waals surface area contributed by atoms with E-state index in [4.69, 9.17) is 0 Å². The molecule has 0 aliphatic heterocycles. The summed E-state index contributed by atoms with van der Waals surface area (Å²) < 4.78 is 0. The van der Waals surface area contributed by atoms with Crippen molar-refractivity contribution in [2.45, 2.75) is 40.0 Å².